The summed E-state index contributed by atoms with van der Waals surface area (Å²) in [6, 6.07) is 0. The van der Waals surface area contributed by atoms with Gasteiger partial charge in [-0.3, -0.25) is 0 Å². The largest absolute Gasteiger partial charge is 0.505 e. The van der Waals surface area contributed by atoms with Crippen LogP contribution in [0.3, 0.4) is 0 Å². The highest BCUT2D eigenvalue weighted by Gasteiger charge is 2.30. The summed E-state index contributed by atoms with van der Waals surface area (Å²) in [5, 5.41) is 9.64. The normalized spacial score (nSPS) is 14.1. The molecule has 0 saturated carbocycles. The van der Waals surface area contributed by atoms with Crippen molar-refractivity contribution in [3.05, 3.63) is 26.7 Å². The van der Waals surface area contributed by atoms with Crippen molar-refractivity contribution in [1.82, 2.24) is 0 Å². The second-order valence-electron chi connectivity index (χ2n) is 3.03. The third-order valence-corrected chi connectivity index (χ3v) is 3.10. The second kappa shape index (κ2) is 3.04. The lowest BCUT2D eigenvalue weighted by Gasteiger charge is -2.07. The van der Waals surface area contributed by atoms with Crippen molar-refractivity contribution in [2.24, 2.45) is 0 Å². The van der Waals surface area contributed by atoms with Crippen LogP contribution in [0.15, 0.2) is 0 Å². The van der Waals surface area contributed by atoms with Gasteiger partial charge in [0, 0.05) is 5.56 Å². The molecule has 0 fully saturated rings. The minimum absolute atomic E-state index is 0.0295. The first-order valence-corrected chi connectivity index (χ1v) is 4.66. The van der Waals surface area contributed by atoms with Crippen molar-refractivity contribution < 1.29 is 14.6 Å². The van der Waals surface area contributed by atoms with Crippen LogP contribution < -0.4 is 0 Å². The molecule has 0 saturated heterocycles. The molecule has 0 atom stereocenters. The first-order chi connectivity index (χ1) is 6.54. The van der Waals surface area contributed by atoms with Gasteiger partial charge < -0.3 is 9.84 Å². The Balaban J connectivity index is 2.84. The van der Waals surface area contributed by atoms with Crippen molar-refractivity contribution in [3.63, 3.8) is 0 Å². The molecule has 0 aliphatic carbocycles. The Bertz CT molecular complexity index is 440. The lowest BCUT2D eigenvalue weighted by Crippen LogP contribution is -1.96. The summed E-state index contributed by atoms with van der Waals surface area (Å²) in [7, 11) is 0. The van der Waals surface area contributed by atoms with Crippen LogP contribution in [0.1, 0.15) is 21.5 Å². The molecule has 2 rings (SSSR count). The molecule has 3 nitrogen and oxygen atoms in total. The Labute approximate surface area is 90.2 Å². The molecular weight excluding hydrogens is 227 g/mol. The zero-order chi connectivity index (χ0) is 10.5. The Kier molecular flexibility index (Phi) is 2.09. The van der Waals surface area contributed by atoms with Gasteiger partial charge in [-0.1, -0.05) is 23.2 Å². The first kappa shape index (κ1) is 9.62. The minimum Gasteiger partial charge on any atom is -0.505 e. The van der Waals surface area contributed by atoms with Crippen LogP contribution in [0.5, 0.6) is 5.75 Å². The summed E-state index contributed by atoms with van der Waals surface area (Å²) >= 11 is 11.6. The molecule has 0 amide bonds. The molecule has 1 N–H and O–H groups in total. The minimum atomic E-state index is -0.514. The fraction of sp³-hybridized carbons (Fsp3) is 0.222. The summed E-state index contributed by atoms with van der Waals surface area (Å²) in [5.41, 5.74) is 1.52. The summed E-state index contributed by atoms with van der Waals surface area (Å²) in [6.45, 7) is 1.87. The SMILES string of the molecule is Cc1c(Cl)c(O)c(Cl)c2c1COC2=O. The Hall–Kier alpha value is -0.930. The topological polar surface area (TPSA) is 46.5 Å². The number of hydrogen-bond acceptors (Lipinski definition) is 3. The number of carbonyl (C=O) groups is 1. The van der Waals surface area contributed by atoms with E-state index in [1.165, 1.54) is 0 Å². The van der Waals surface area contributed by atoms with Gasteiger partial charge in [0.05, 0.1) is 15.6 Å². The fourth-order valence-corrected chi connectivity index (χ4v) is 1.99. The Morgan fingerprint density at radius 3 is 2.64 bits per heavy atom. The third kappa shape index (κ3) is 1.09. The molecule has 1 heterocycles. The van der Waals surface area contributed by atoms with E-state index in [4.69, 9.17) is 27.9 Å². The van der Waals surface area contributed by atoms with Gasteiger partial charge in [0.1, 0.15) is 6.61 Å². The van der Waals surface area contributed by atoms with Gasteiger partial charge in [-0.05, 0) is 12.5 Å². The average molecular weight is 233 g/mol. The van der Waals surface area contributed by atoms with Crippen LogP contribution in [-0.2, 0) is 11.3 Å². The monoisotopic (exact) mass is 232 g/mol. The molecule has 0 bridgehead atoms. The number of rotatable bonds is 0. The van der Waals surface area contributed by atoms with Gasteiger partial charge >= 0.3 is 5.97 Å². The van der Waals surface area contributed by atoms with Crippen molar-refractivity contribution in [3.8, 4) is 5.75 Å². The van der Waals surface area contributed by atoms with Crippen molar-refractivity contribution in [1.29, 1.82) is 0 Å². The maximum Gasteiger partial charge on any atom is 0.340 e. The highest BCUT2D eigenvalue weighted by molar-refractivity contribution is 6.39. The number of cyclic esters (lactones) is 1. The van der Waals surface area contributed by atoms with Gasteiger partial charge in [-0.25, -0.2) is 4.79 Å². The summed E-state index contributed by atoms with van der Waals surface area (Å²) in [4.78, 5) is 11.2. The van der Waals surface area contributed by atoms with Crippen molar-refractivity contribution in [2.45, 2.75) is 13.5 Å². The Morgan fingerprint density at radius 2 is 2.00 bits per heavy atom. The number of ether oxygens (including phenoxy) is 1. The lowest BCUT2D eigenvalue weighted by atomic mass is 10.0. The molecular formula is C9H6Cl2O3. The van der Waals surface area contributed by atoms with E-state index >= 15 is 0 Å². The molecule has 14 heavy (non-hydrogen) atoms. The van der Waals surface area contributed by atoms with Crippen molar-refractivity contribution in [2.75, 3.05) is 0 Å². The van der Waals surface area contributed by atoms with E-state index in [9.17, 15) is 9.90 Å². The van der Waals surface area contributed by atoms with Gasteiger partial charge in [-0.15, -0.1) is 0 Å². The number of fused-ring (bicyclic) bond motifs is 1. The summed E-state index contributed by atoms with van der Waals surface area (Å²) < 4.78 is 4.80. The number of halogens is 2. The van der Waals surface area contributed by atoms with Crippen LogP contribution >= 0.6 is 23.2 Å². The van der Waals surface area contributed by atoms with Crippen LogP contribution in [0, 0.1) is 6.92 Å². The molecule has 1 aromatic rings. The highest BCUT2D eigenvalue weighted by atomic mass is 35.5. The highest BCUT2D eigenvalue weighted by Crippen LogP contribution is 2.42. The molecule has 0 unspecified atom stereocenters. The molecule has 1 aliphatic heterocycles. The number of benzene rings is 1. The van der Waals surface area contributed by atoms with E-state index in [-0.39, 0.29) is 28.0 Å². The molecule has 74 valence electrons. The fourth-order valence-electron chi connectivity index (χ4n) is 1.45. The third-order valence-electron chi connectivity index (χ3n) is 2.27. The van der Waals surface area contributed by atoms with Gasteiger partial charge in [0.2, 0.25) is 0 Å². The van der Waals surface area contributed by atoms with E-state index in [1.807, 2.05) is 0 Å². The van der Waals surface area contributed by atoms with E-state index in [0.717, 1.165) is 0 Å². The van der Waals surface area contributed by atoms with Gasteiger partial charge in [0.25, 0.3) is 0 Å². The molecule has 0 aromatic heterocycles. The van der Waals surface area contributed by atoms with Crippen LogP contribution in [-0.4, -0.2) is 11.1 Å². The lowest BCUT2D eigenvalue weighted by molar-refractivity contribution is 0.0535. The van der Waals surface area contributed by atoms with Crippen LogP contribution in [0.4, 0.5) is 0 Å². The number of esters is 1. The van der Waals surface area contributed by atoms with Crippen LogP contribution in [0.25, 0.3) is 0 Å². The number of aromatic hydroxyl groups is 1. The number of phenolic OH excluding ortho intramolecular Hbond substituents is 1. The first-order valence-electron chi connectivity index (χ1n) is 3.90. The molecule has 1 aromatic carbocycles. The maximum absolute atomic E-state index is 11.2. The van der Waals surface area contributed by atoms with Crippen LogP contribution in [0.2, 0.25) is 10.0 Å². The van der Waals surface area contributed by atoms with Crippen molar-refractivity contribution >= 4 is 29.2 Å². The molecule has 1 aliphatic rings. The summed E-state index contributed by atoms with van der Waals surface area (Å²) in [6.07, 6.45) is 0. The van der Waals surface area contributed by atoms with Gasteiger partial charge in [-0.2, -0.15) is 0 Å². The van der Waals surface area contributed by atoms with E-state index in [0.29, 0.717) is 11.1 Å². The summed E-state index contributed by atoms with van der Waals surface area (Å²) in [5.74, 6) is -0.775. The Morgan fingerprint density at radius 1 is 1.36 bits per heavy atom. The van der Waals surface area contributed by atoms with E-state index in [2.05, 4.69) is 0 Å². The van der Waals surface area contributed by atoms with E-state index < -0.39 is 5.97 Å². The predicted molar refractivity (Wildman–Crippen MR) is 52.0 cm³/mol. The standard InChI is InChI=1S/C9H6Cl2O3/c1-3-4-2-14-9(13)5(4)7(11)8(12)6(3)10/h12H,2H2,1H3. The zero-order valence-corrected chi connectivity index (χ0v) is 8.74. The second-order valence-corrected chi connectivity index (χ2v) is 3.79. The zero-order valence-electron chi connectivity index (χ0n) is 7.23. The molecule has 0 spiro atoms. The smallest absolute Gasteiger partial charge is 0.340 e. The molecule has 5 heteroatoms. The molecule has 0 radical (unpaired) electrons. The number of phenols is 1. The number of carbonyl (C=O) groups excluding carboxylic acids is 1. The maximum atomic E-state index is 11.2. The quantitative estimate of drug-likeness (QED) is 0.700. The van der Waals surface area contributed by atoms with E-state index in [1.54, 1.807) is 6.92 Å². The predicted octanol–water partition coefficient (Wildman–Crippen LogP) is 2.68. The average Bonchev–Trinajstić information content (AvgIpc) is 2.54. The van der Waals surface area contributed by atoms with Gasteiger partial charge in [0.15, 0.2) is 5.75 Å². The number of hydrogen-bond donors (Lipinski definition) is 1.